The van der Waals surface area contributed by atoms with Gasteiger partial charge in [0.25, 0.3) is 11.5 Å². The zero-order valence-electron chi connectivity index (χ0n) is 19.9. The molecule has 1 aromatic rings. The van der Waals surface area contributed by atoms with Gasteiger partial charge in [-0.25, -0.2) is 0 Å². The van der Waals surface area contributed by atoms with Crippen molar-refractivity contribution in [2.24, 2.45) is 0 Å². The summed E-state index contributed by atoms with van der Waals surface area (Å²) in [6.07, 6.45) is 3.54. The maximum Gasteiger partial charge on any atom is 0.282 e. The van der Waals surface area contributed by atoms with Crippen LogP contribution in [0.3, 0.4) is 0 Å². The van der Waals surface area contributed by atoms with E-state index in [1.165, 1.54) is 4.68 Å². The summed E-state index contributed by atoms with van der Waals surface area (Å²) in [5, 5.41) is 4.55. The number of carbonyl (C=O) groups excluding carboxylic acids is 2. The van der Waals surface area contributed by atoms with Crippen LogP contribution in [0.4, 0.5) is 0 Å². The van der Waals surface area contributed by atoms with Crippen LogP contribution in [0.2, 0.25) is 0 Å². The smallest absolute Gasteiger partial charge is 0.282 e. The summed E-state index contributed by atoms with van der Waals surface area (Å²) >= 11 is 0. The molecule has 0 aliphatic carbocycles. The predicted molar refractivity (Wildman–Crippen MR) is 130 cm³/mol. The molecule has 0 radical (unpaired) electrons. The molecular weight excluding hydrogens is 448 g/mol. The molecule has 0 atom stereocenters. The third-order valence-corrected chi connectivity index (χ3v) is 6.70. The molecule has 184 valence electrons. The molecule has 4 aliphatic heterocycles. The van der Waals surface area contributed by atoms with Gasteiger partial charge in [-0.15, -0.1) is 0 Å². The number of amides is 2. The van der Waals surface area contributed by atoms with Gasteiger partial charge in [-0.3, -0.25) is 19.3 Å². The van der Waals surface area contributed by atoms with Crippen LogP contribution < -0.4 is 5.56 Å². The van der Waals surface area contributed by atoms with E-state index in [0.29, 0.717) is 88.1 Å². The monoisotopic (exact) mass is 478 g/mol. The van der Waals surface area contributed by atoms with E-state index in [9.17, 15) is 14.4 Å². The van der Waals surface area contributed by atoms with E-state index in [1.807, 2.05) is 46.7 Å². The van der Waals surface area contributed by atoms with E-state index in [2.05, 4.69) is 10.00 Å². The van der Waals surface area contributed by atoms with Gasteiger partial charge in [0.1, 0.15) is 5.69 Å². The van der Waals surface area contributed by atoms with Crippen molar-refractivity contribution in [3.05, 3.63) is 58.6 Å². The van der Waals surface area contributed by atoms with Crippen molar-refractivity contribution in [2.45, 2.75) is 13.5 Å². The van der Waals surface area contributed by atoms with Gasteiger partial charge >= 0.3 is 0 Å². The van der Waals surface area contributed by atoms with Crippen LogP contribution in [0, 0.1) is 0 Å². The lowest BCUT2D eigenvalue weighted by atomic mass is 10.1. The molecule has 0 spiro atoms. The molecule has 4 aliphatic rings. The fraction of sp³-hybridized carbons (Fsp3) is 0.440. The van der Waals surface area contributed by atoms with Gasteiger partial charge in [-0.2, -0.15) is 9.78 Å². The summed E-state index contributed by atoms with van der Waals surface area (Å²) in [4.78, 5) is 45.0. The zero-order valence-corrected chi connectivity index (χ0v) is 19.9. The number of hydrogen-bond donors (Lipinski definition) is 0. The molecule has 4 heterocycles. The van der Waals surface area contributed by atoms with Crippen LogP contribution in [-0.4, -0.2) is 99.9 Å². The Bertz CT molecular complexity index is 1220. The first kappa shape index (κ1) is 23.3. The molecule has 2 amide bonds. The highest BCUT2D eigenvalue weighted by atomic mass is 16.5. The Morgan fingerprint density at radius 1 is 0.943 bits per heavy atom. The second kappa shape index (κ2) is 10.0. The largest absolute Gasteiger partial charge is 0.378 e. The van der Waals surface area contributed by atoms with Crippen LogP contribution in [0.1, 0.15) is 17.3 Å². The molecular formula is C25H30N6O4. The summed E-state index contributed by atoms with van der Waals surface area (Å²) in [6.45, 7) is 7.67. The topological polar surface area (TPSA) is 92.9 Å². The predicted octanol–water partition coefficient (Wildman–Crippen LogP) is 0.775. The van der Waals surface area contributed by atoms with Crippen LogP contribution in [0.25, 0.3) is 16.9 Å². The molecule has 1 aromatic carbocycles. The van der Waals surface area contributed by atoms with Crippen LogP contribution in [0.5, 0.6) is 0 Å². The fourth-order valence-electron chi connectivity index (χ4n) is 4.63. The van der Waals surface area contributed by atoms with Crippen molar-refractivity contribution in [3.8, 4) is 16.9 Å². The molecule has 2 fully saturated rings. The van der Waals surface area contributed by atoms with Crippen LogP contribution in [0.15, 0.2) is 47.5 Å². The number of rotatable bonds is 5. The molecule has 0 unspecified atom stereocenters. The molecule has 10 nitrogen and oxygen atoms in total. The number of pyridine rings is 1. The Morgan fingerprint density at radius 2 is 1.66 bits per heavy atom. The number of aromatic nitrogens is 3. The van der Waals surface area contributed by atoms with Gasteiger partial charge in [0.05, 0.1) is 36.6 Å². The maximum absolute atomic E-state index is 13.6. The summed E-state index contributed by atoms with van der Waals surface area (Å²) < 4.78 is 8.53. The molecule has 5 rings (SSSR count). The third kappa shape index (κ3) is 4.71. The molecule has 2 saturated heterocycles. The molecule has 0 aromatic heterocycles. The number of fused-ring (bicyclic) bond motifs is 1. The summed E-state index contributed by atoms with van der Waals surface area (Å²) in [5.74, 6) is -0.0362. The highest BCUT2D eigenvalue weighted by molar-refractivity contribution is 6.00. The van der Waals surface area contributed by atoms with Crippen molar-refractivity contribution in [1.29, 1.82) is 0 Å². The van der Waals surface area contributed by atoms with Gasteiger partial charge in [0, 0.05) is 58.2 Å². The van der Waals surface area contributed by atoms with Crippen molar-refractivity contribution >= 4 is 11.8 Å². The second-order valence-electron chi connectivity index (χ2n) is 8.88. The fourth-order valence-corrected chi connectivity index (χ4v) is 4.63. The summed E-state index contributed by atoms with van der Waals surface area (Å²) in [6, 6.07) is 9.22. The first-order valence-electron chi connectivity index (χ1n) is 12.1. The number of hydrogen-bond acceptors (Lipinski definition) is 6. The van der Waals surface area contributed by atoms with Gasteiger partial charge in [0.15, 0.2) is 0 Å². The SMILES string of the molecule is CCn1cc(C(=O)N2CCN(CC(=O)N3CCOCC3)CC2)c2nn(-c3ccccc3)c(=O)c-2c1. The highest BCUT2D eigenvalue weighted by Crippen LogP contribution is 2.24. The molecule has 0 bridgehead atoms. The van der Waals surface area contributed by atoms with E-state index in [-0.39, 0.29) is 17.4 Å². The van der Waals surface area contributed by atoms with E-state index in [0.717, 1.165) is 0 Å². The minimum absolute atomic E-state index is 0.108. The van der Waals surface area contributed by atoms with Crippen molar-refractivity contribution in [2.75, 3.05) is 59.0 Å². The Hall–Kier alpha value is -3.50. The van der Waals surface area contributed by atoms with Crippen LogP contribution in [-0.2, 0) is 16.1 Å². The van der Waals surface area contributed by atoms with Crippen molar-refractivity contribution in [1.82, 2.24) is 29.0 Å². The second-order valence-corrected chi connectivity index (χ2v) is 8.88. The lowest BCUT2D eigenvalue weighted by molar-refractivity contribution is -0.136. The van der Waals surface area contributed by atoms with E-state index in [1.54, 1.807) is 17.3 Å². The van der Waals surface area contributed by atoms with Gasteiger partial charge in [0.2, 0.25) is 5.91 Å². The normalized spacial score (nSPS) is 17.2. The number of aryl methyl sites for hydroxylation is 1. The number of ether oxygens (including phenoxy) is 1. The number of morpholine rings is 1. The Labute approximate surface area is 203 Å². The first-order valence-corrected chi connectivity index (χ1v) is 12.1. The standard InChI is InChI=1S/C25H30N6O4/c1-2-27-16-20(23-21(17-27)25(34)31(26-23)19-6-4-3-5-7-19)24(33)30-10-8-28(9-11-30)18-22(32)29-12-14-35-15-13-29/h3-7,16-17H,2,8-15,18H2,1H3. The van der Waals surface area contributed by atoms with E-state index < -0.39 is 0 Å². The molecule has 0 saturated carbocycles. The number of carbonyl (C=O) groups is 2. The Morgan fingerprint density at radius 3 is 2.34 bits per heavy atom. The molecule has 35 heavy (non-hydrogen) atoms. The van der Waals surface area contributed by atoms with Crippen molar-refractivity contribution < 1.29 is 14.3 Å². The first-order chi connectivity index (χ1) is 17.0. The van der Waals surface area contributed by atoms with Gasteiger partial charge in [-0.05, 0) is 19.1 Å². The number of piperazine rings is 1. The van der Waals surface area contributed by atoms with Crippen molar-refractivity contribution in [3.63, 3.8) is 0 Å². The average Bonchev–Trinajstić information content (AvgIpc) is 3.25. The van der Waals surface area contributed by atoms with Gasteiger partial charge in [-0.1, -0.05) is 18.2 Å². The molecule has 10 heteroatoms. The lowest BCUT2D eigenvalue weighted by Gasteiger charge is -2.36. The number of nitrogens with zero attached hydrogens (tertiary/aromatic N) is 6. The lowest BCUT2D eigenvalue weighted by Crippen LogP contribution is -2.52. The minimum Gasteiger partial charge on any atom is -0.378 e. The minimum atomic E-state index is -0.241. The molecule has 0 N–H and O–H groups in total. The third-order valence-electron chi connectivity index (χ3n) is 6.70. The van der Waals surface area contributed by atoms with Gasteiger partial charge < -0.3 is 19.1 Å². The summed E-state index contributed by atoms with van der Waals surface area (Å²) in [7, 11) is 0. The summed E-state index contributed by atoms with van der Waals surface area (Å²) in [5.41, 5.74) is 1.69. The quantitative estimate of drug-likeness (QED) is 0.538. The Kier molecular flexibility index (Phi) is 6.65. The zero-order chi connectivity index (χ0) is 24.4. The van der Waals surface area contributed by atoms with E-state index >= 15 is 0 Å². The van der Waals surface area contributed by atoms with E-state index in [4.69, 9.17) is 4.74 Å². The van der Waals surface area contributed by atoms with Crippen LogP contribution >= 0.6 is 0 Å². The number of para-hydroxylation sites is 1. The maximum atomic E-state index is 13.6. The average molecular weight is 479 g/mol. The highest BCUT2D eigenvalue weighted by Gasteiger charge is 2.30. The number of benzene rings is 1. The Balaban J connectivity index is 1.33.